The zero-order chi connectivity index (χ0) is 16.2. The molecule has 4 nitrogen and oxygen atoms in total. The van der Waals surface area contributed by atoms with E-state index in [-0.39, 0.29) is 24.7 Å². The number of carbonyl (C=O) groups is 1. The van der Waals surface area contributed by atoms with Gasteiger partial charge in [-0.2, -0.15) is 0 Å². The van der Waals surface area contributed by atoms with Crippen molar-refractivity contribution in [3.8, 4) is 0 Å². The highest BCUT2D eigenvalue weighted by molar-refractivity contribution is 5.77. The van der Waals surface area contributed by atoms with Crippen molar-refractivity contribution in [1.82, 2.24) is 5.32 Å². The van der Waals surface area contributed by atoms with Crippen LogP contribution in [-0.2, 0) is 11.3 Å². The summed E-state index contributed by atoms with van der Waals surface area (Å²) < 4.78 is 14.0. The summed E-state index contributed by atoms with van der Waals surface area (Å²) in [5, 5.41) is 13.0. The summed E-state index contributed by atoms with van der Waals surface area (Å²) in [6.07, 6.45) is 3.45. The SMILES string of the molecule is CCN(C)c1ccc(CNC(=O)CC2(O)CCCC2)cc1F. The van der Waals surface area contributed by atoms with Gasteiger partial charge in [0.25, 0.3) is 0 Å². The Balaban J connectivity index is 1.88. The molecule has 2 rings (SSSR count). The van der Waals surface area contributed by atoms with Gasteiger partial charge in [-0.15, -0.1) is 0 Å². The Morgan fingerprint density at radius 1 is 1.41 bits per heavy atom. The lowest BCUT2D eigenvalue weighted by molar-refractivity contribution is -0.126. The molecule has 1 aliphatic rings. The predicted molar refractivity (Wildman–Crippen MR) is 85.2 cm³/mol. The normalized spacial score (nSPS) is 16.5. The Labute approximate surface area is 131 Å². The zero-order valence-electron chi connectivity index (χ0n) is 13.4. The molecule has 0 saturated heterocycles. The molecule has 1 saturated carbocycles. The highest BCUT2D eigenvalue weighted by atomic mass is 19.1. The van der Waals surface area contributed by atoms with Crippen molar-refractivity contribution in [1.29, 1.82) is 0 Å². The summed E-state index contributed by atoms with van der Waals surface area (Å²) in [7, 11) is 1.84. The standard InChI is InChI=1S/C17H25FN2O2/c1-3-20(2)15-7-6-13(10-14(15)18)12-19-16(21)11-17(22)8-4-5-9-17/h6-7,10,22H,3-5,8-9,11-12H2,1-2H3,(H,19,21). The van der Waals surface area contributed by atoms with Crippen LogP contribution in [0.25, 0.3) is 0 Å². The minimum Gasteiger partial charge on any atom is -0.389 e. The maximum Gasteiger partial charge on any atom is 0.223 e. The Morgan fingerprint density at radius 2 is 2.09 bits per heavy atom. The fraction of sp³-hybridized carbons (Fsp3) is 0.588. The summed E-state index contributed by atoms with van der Waals surface area (Å²) in [6, 6.07) is 4.99. The van der Waals surface area contributed by atoms with Gasteiger partial charge in [-0.1, -0.05) is 18.9 Å². The van der Waals surface area contributed by atoms with Gasteiger partial charge in [-0.25, -0.2) is 4.39 Å². The molecule has 22 heavy (non-hydrogen) atoms. The Morgan fingerprint density at radius 3 is 2.68 bits per heavy atom. The molecule has 1 aromatic rings. The second kappa shape index (κ2) is 7.09. The average molecular weight is 308 g/mol. The van der Waals surface area contributed by atoms with Gasteiger partial charge in [-0.05, 0) is 37.5 Å². The number of aliphatic hydroxyl groups is 1. The van der Waals surface area contributed by atoms with E-state index in [0.717, 1.165) is 24.9 Å². The minimum absolute atomic E-state index is 0.131. The van der Waals surface area contributed by atoms with Gasteiger partial charge in [0.2, 0.25) is 5.91 Å². The summed E-state index contributed by atoms with van der Waals surface area (Å²) in [4.78, 5) is 13.7. The third kappa shape index (κ3) is 4.19. The number of nitrogens with zero attached hydrogens (tertiary/aromatic N) is 1. The third-order valence-corrected chi connectivity index (χ3v) is 4.41. The van der Waals surface area contributed by atoms with Gasteiger partial charge in [0.05, 0.1) is 17.7 Å². The largest absolute Gasteiger partial charge is 0.389 e. The lowest BCUT2D eigenvalue weighted by Crippen LogP contribution is -2.34. The van der Waals surface area contributed by atoms with Crippen molar-refractivity contribution >= 4 is 11.6 Å². The number of hydrogen-bond acceptors (Lipinski definition) is 3. The van der Waals surface area contributed by atoms with E-state index < -0.39 is 5.60 Å². The Kier molecular flexibility index (Phi) is 5.40. The number of rotatable bonds is 6. The summed E-state index contributed by atoms with van der Waals surface area (Å²) in [6.45, 7) is 2.97. The van der Waals surface area contributed by atoms with Crippen LogP contribution in [0.3, 0.4) is 0 Å². The molecular weight excluding hydrogens is 283 g/mol. The fourth-order valence-corrected chi connectivity index (χ4v) is 2.91. The van der Waals surface area contributed by atoms with Gasteiger partial charge in [-0.3, -0.25) is 4.79 Å². The molecule has 1 aliphatic carbocycles. The Hall–Kier alpha value is -1.62. The first-order chi connectivity index (χ1) is 10.4. The fourth-order valence-electron chi connectivity index (χ4n) is 2.91. The molecule has 1 amide bonds. The molecular formula is C17H25FN2O2. The van der Waals surface area contributed by atoms with E-state index in [2.05, 4.69) is 5.32 Å². The average Bonchev–Trinajstić information content (AvgIpc) is 2.90. The maximum absolute atomic E-state index is 14.0. The van der Waals surface area contributed by atoms with Crippen LogP contribution in [0.15, 0.2) is 18.2 Å². The van der Waals surface area contributed by atoms with E-state index in [1.54, 1.807) is 6.07 Å². The van der Waals surface area contributed by atoms with Crippen LogP contribution >= 0.6 is 0 Å². The van der Waals surface area contributed by atoms with Crippen molar-refractivity contribution < 1.29 is 14.3 Å². The number of nitrogens with one attached hydrogen (secondary N) is 1. The van der Waals surface area contributed by atoms with Crippen molar-refractivity contribution in [3.63, 3.8) is 0 Å². The van der Waals surface area contributed by atoms with Crippen molar-refractivity contribution in [2.24, 2.45) is 0 Å². The molecule has 2 N–H and O–H groups in total. The zero-order valence-corrected chi connectivity index (χ0v) is 13.4. The molecule has 0 atom stereocenters. The molecule has 0 spiro atoms. The van der Waals surface area contributed by atoms with Crippen LogP contribution < -0.4 is 10.2 Å². The van der Waals surface area contributed by atoms with E-state index in [9.17, 15) is 14.3 Å². The van der Waals surface area contributed by atoms with Gasteiger partial charge in [0.1, 0.15) is 5.82 Å². The minimum atomic E-state index is -0.844. The number of anilines is 1. The molecule has 5 heteroatoms. The van der Waals surface area contributed by atoms with Crippen molar-refractivity contribution in [2.75, 3.05) is 18.5 Å². The van der Waals surface area contributed by atoms with E-state index >= 15 is 0 Å². The second-order valence-electron chi connectivity index (χ2n) is 6.18. The first kappa shape index (κ1) is 16.7. The number of amides is 1. The van der Waals surface area contributed by atoms with Gasteiger partial charge < -0.3 is 15.3 Å². The molecule has 0 unspecified atom stereocenters. The highest BCUT2D eigenvalue weighted by Crippen LogP contribution is 2.32. The van der Waals surface area contributed by atoms with Crippen LogP contribution in [0.4, 0.5) is 10.1 Å². The summed E-state index contributed by atoms with van der Waals surface area (Å²) >= 11 is 0. The molecule has 0 aromatic heterocycles. The molecule has 1 aromatic carbocycles. The van der Waals surface area contributed by atoms with Crippen LogP contribution in [0, 0.1) is 5.82 Å². The highest BCUT2D eigenvalue weighted by Gasteiger charge is 2.33. The molecule has 0 radical (unpaired) electrons. The van der Waals surface area contributed by atoms with E-state index in [1.807, 2.05) is 24.9 Å². The quantitative estimate of drug-likeness (QED) is 0.849. The summed E-state index contributed by atoms with van der Waals surface area (Å²) in [5.41, 5.74) is 0.429. The van der Waals surface area contributed by atoms with Crippen LogP contribution in [-0.4, -0.2) is 30.2 Å². The summed E-state index contributed by atoms with van der Waals surface area (Å²) in [5.74, 6) is -0.468. The molecule has 1 fully saturated rings. The lowest BCUT2D eigenvalue weighted by atomic mass is 9.97. The van der Waals surface area contributed by atoms with E-state index in [4.69, 9.17) is 0 Å². The monoisotopic (exact) mass is 308 g/mol. The molecule has 122 valence electrons. The maximum atomic E-state index is 14.0. The van der Waals surface area contributed by atoms with Crippen molar-refractivity contribution in [3.05, 3.63) is 29.6 Å². The van der Waals surface area contributed by atoms with Crippen molar-refractivity contribution in [2.45, 2.75) is 51.2 Å². The number of benzene rings is 1. The molecule has 0 heterocycles. The first-order valence-corrected chi connectivity index (χ1v) is 7.92. The van der Waals surface area contributed by atoms with Gasteiger partial charge in [0.15, 0.2) is 0 Å². The van der Waals surface area contributed by atoms with Crippen LogP contribution in [0.2, 0.25) is 0 Å². The molecule has 0 bridgehead atoms. The molecule has 0 aliphatic heterocycles. The van der Waals surface area contributed by atoms with Gasteiger partial charge in [0, 0.05) is 20.1 Å². The van der Waals surface area contributed by atoms with Gasteiger partial charge >= 0.3 is 0 Å². The number of carbonyl (C=O) groups excluding carboxylic acids is 1. The first-order valence-electron chi connectivity index (χ1n) is 7.92. The van der Waals surface area contributed by atoms with Crippen LogP contribution in [0.1, 0.15) is 44.6 Å². The number of halogens is 1. The Bertz CT molecular complexity index is 527. The smallest absolute Gasteiger partial charge is 0.223 e. The third-order valence-electron chi connectivity index (χ3n) is 4.41. The van der Waals surface area contributed by atoms with E-state index in [0.29, 0.717) is 18.5 Å². The second-order valence-corrected chi connectivity index (χ2v) is 6.18. The van der Waals surface area contributed by atoms with E-state index in [1.165, 1.54) is 6.07 Å². The number of hydrogen-bond donors (Lipinski definition) is 2. The van der Waals surface area contributed by atoms with Crippen LogP contribution in [0.5, 0.6) is 0 Å². The lowest BCUT2D eigenvalue weighted by Gasteiger charge is -2.21. The predicted octanol–water partition coefficient (Wildman–Crippen LogP) is 2.59. The topological polar surface area (TPSA) is 52.6 Å².